The number of hydrogen-bond donors (Lipinski definition) is 1. The minimum absolute atomic E-state index is 0.00968. The zero-order valence-corrected chi connectivity index (χ0v) is 13.3. The Morgan fingerprint density at radius 1 is 1.26 bits per heavy atom. The summed E-state index contributed by atoms with van der Waals surface area (Å²) in [5.41, 5.74) is 0.00968. The Bertz CT molecular complexity index is 497. The monoisotopic (exact) mass is 287 g/mol. The van der Waals surface area contributed by atoms with Crippen LogP contribution in [-0.4, -0.2) is 19.2 Å². The van der Waals surface area contributed by atoms with Crippen molar-refractivity contribution in [2.75, 3.05) is 0 Å². The first-order valence-electron chi connectivity index (χ1n) is 6.68. The zero-order chi connectivity index (χ0) is 14.7. The van der Waals surface area contributed by atoms with Crippen LogP contribution in [-0.2, 0) is 22.1 Å². The average Bonchev–Trinajstić information content (AvgIpc) is 2.71. The van der Waals surface area contributed by atoms with Crippen LogP contribution in [0.1, 0.15) is 52.6 Å². The Labute approximate surface area is 116 Å². The van der Waals surface area contributed by atoms with Gasteiger partial charge in [-0.1, -0.05) is 6.92 Å². The number of rotatable bonds is 6. The minimum atomic E-state index is -3.11. The van der Waals surface area contributed by atoms with Crippen LogP contribution in [0.15, 0.2) is 16.5 Å². The van der Waals surface area contributed by atoms with E-state index in [4.69, 9.17) is 4.42 Å². The number of hydrogen-bond acceptors (Lipinski definition) is 4. The number of furan rings is 1. The van der Waals surface area contributed by atoms with Crippen molar-refractivity contribution in [3.8, 4) is 0 Å². The van der Waals surface area contributed by atoms with Crippen LogP contribution in [0.5, 0.6) is 0 Å². The summed E-state index contributed by atoms with van der Waals surface area (Å²) in [6.45, 7) is 10.4. The van der Waals surface area contributed by atoms with Crippen LogP contribution in [0.4, 0.5) is 0 Å². The summed E-state index contributed by atoms with van der Waals surface area (Å²) in [7, 11) is -3.11. The molecule has 0 saturated heterocycles. The van der Waals surface area contributed by atoms with Gasteiger partial charge in [-0.15, -0.1) is 0 Å². The number of nitrogens with one attached hydrogen (secondary N) is 1. The van der Waals surface area contributed by atoms with E-state index in [-0.39, 0.29) is 16.5 Å². The summed E-state index contributed by atoms with van der Waals surface area (Å²) in [5.74, 6) is 1.27. The van der Waals surface area contributed by atoms with Gasteiger partial charge >= 0.3 is 0 Å². The Morgan fingerprint density at radius 2 is 1.84 bits per heavy atom. The molecule has 0 saturated carbocycles. The summed E-state index contributed by atoms with van der Waals surface area (Å²) in [6, 6.07) is 3.58. The predicted molar refractivity (Wildman–Crippen MR) is 77.7 cm³/mol. The smallest absolute Gasteiger partial charge is 0.160 e. The minimum Gasteiger partial charge on any atom is -0.464 e. The van der Waals surface area contributed by atoms with Gasteiger partial charge in [0.15, 0.2) is 9.84 Å². The Hall–Kier alpha value is -0.810. The molecule has 0 radical (unpaired) electrons. The molecule has 1 heterocycles. The SMILES string of the molecule is CCC(C)S(=O)(=O)Cc1ccc(CNC(C)(C)C)o1. The second-order valence-electron chi connectivity index (χ2n) is 6.00. The maximum atomic E-state index is 12.0. The van der Waals surface area contributed by atoms with Crippen molar-refractivity contribution in [3.63, 3.8) is 0 Å². The molecular formula is C14H25NO3S. The highest BCUT2D eigenvalue weighted by Crippen LogP contribution is 2.16. The van der Waals surface area contributed by atoms with Crippen molar-refractivity contribution >= 4 is 9.84 Å². The van der Waals surface area contributed by atoms with E-state index in [2.05, 4.69) is 26.1 Å². The molecule has 0 amide bonds. The van der Waals surface area contributed by atoms with Crippen molar-refractivity contribution < 1.29 is 12.8 Å². The van der Waals surface area contributed by atoms with Crippen LogP contribution in [0.3, 0.4) is 0 Å². The van der Waals surface area contributed by atoms with E-state index in [0.29, 0.717) is 18.7 Å². The first-order chi connectivity index (χ1) is 8.64. The molecule has 1 atom stereocenters. The fraction of sp³-hybridized carbons (Fsp3) is 0.714. The molecule has 5 heteroatoms. The van der Waals surface area contributed by atoms with Crippen LogP contribution in [0, 0.1) is 0 Å². The molecule has 0 aliphatic rings. The first-order valence-corrected chi connectivity index (χ1v) is 8.40. The predicted octanol–water partition coefficient (Wildman–Crippen LogP) is 2.88. The van der Waals surface area contributed by atoms with E-state index in [9.17, 15) is 8.42 Å². The lowest BCUT2D eigenvalue weighted by Gasteiger charge is -2.19. The van der Waals surface area contributed by atoms with Crippen molar-refractivity contribution in [2.24, 2.45) is 0 Å². The van der Waals surface area contributed by atoms with E-state index in [1.54, 1.807) is 13.0 Å². The first kappa shape index (κ1) is 16.2. The molecule has 1 unspecified atom stereocenters. The summed E-state index contributed by atoms with van der Waals surface area (Å²) < 4.78 is 29.5. The lowest BCUT2D eigenvalue weighted by Crippen LogP contribution is -2.34. The van der Waals surface area contributed by atoms with Crippen molar-refractivity contribution in [1.82, 2.24) is 5.32 Å². The Balaban J connectivity index is 2.66. The molecule has 4 nitrogen and oxygen atoms in total. The molecule has 0 aliphatic heterocycles. The summed E-state index contributed by atoms with van der Waals surface area (Å²) in [5, 5.41) is 2.98. The van der Waals surface area contributed by atoms with E-state index < -0.39 is 9.84 Å². The molecular weight excluding hydrogens is 262 g/mol. The van der Waals surface area contributed by atoms with Crippen molar-refractivity contribution in [1.29, 1.82) is 0 Å². The lowest BCUT2D eigenvalue weighted by molar-refractivity contribution is 0.381. The second kappa shape index (κ2) is 6.09. The van der Waals surface area contributed by atoms with Gasteiger partial charge in [-0.3, -0.25) is 0 Å². The van der Waals surface area contributed by atoms with Gasteiger partial charge in [-0.25, -0.2) is 8.42 Å². The zero-order valence-electron chi connectivity index (χ0n) is 12.5. The second-order valence-corrected chi connectivity index (χ2v) is 8.42. The topological polar surface area (TPSA) is 59.3 Å². The van der Waals surface area contributed by atoms with Crippen LogP contribution in [0.25, 0.3) is 0 Å². The Morgan fingerprint density at radius 3 is 2.37 bits per heavy atom. The third-order valence-electron chi connectivity index (χ3n) is 3.04. The molecule has 0 bridgehead atoms. The average molecular weight is 287 g/mol. The van der Waals surface area contributed by atoms with Crippen molar-refractivity contribution in [2.45, 2.75) is 64.1 Å². The van der Waals surface area contributed by atoms with Gasteiger partial charge in [-0.05, 0) is 46.2 Å². The molecule has 19 heavy (non-hydrogen) atoms. The Kier molecular flexibility index (Phi) is 5.21. The summed E-state index contributed by atoms with van der Waals surface area (Å²) >= 11 is 0. The molecule has 1 aromatic heterocycles. The molecule has 0 aromatic carbocycles. The quantitative estimate of drug-likeness (QED) is 0.874. The van der Waals surface area contributed by atoms with E-state index in [0.717, 1.165) is 5.76 Å². The summed E-state index contributed by atoms with van der Waals surface area (Å²) in [6.07, 6.45) is 0.626. The molecule has 0 spiro atoms. The van der Waals surface area contributed by atoms with Crippen molar-refractivity contribution in [3.05, 3.63) is 23.7 Å². The van der Waals surface area contributed by atoms with E-state index >= 15 is 0 Å². The highest BCUT2D eigenvalue weighted by molar-refractivity contribution is 7.91. The van der Waals surface area contributed by atoms with Gasteiger partial charge in [0.2, 0.25) is 0 Å². The number of sulfone groups is 1. The molecule has 0 fully saturated rings. The fourth-order valence-corrected chi connectivity index (χ4v) is 2.89. The molecule has 1 N–H and O–H groups in total. The highest BCUT2D eigenvalue weighted by Gasteiger charge is 2.21. The van der Waals surface area contributed by atoms with Gasteiger partial charge in [0, 0.05) is 5.54 Å². The van der Waals surface area contributed by atoms with Crippen LogP contribution < -0.4 is 5.32 Å². The third-order valence-corrected chi connectivity index (χ3v) is 5.29. The van der Waals surface area contributed by atoms with E-state index in [1.165, 1.54) is 0 Å². The van der Waals surface area contributed by atoms with Gasteiger partial charge in [0.25, 0.3) is 0 Å². The molecule has 0 aliphatic carbocycles. The van der Waals surface area contributed by atoms with E-state index in [1.807, 2.05) is 13.0 Å². The van der Waals surface area contributed by atoms with Gasteiger partial charge in [-0.2, -0.15) is 0 Å². The maximum Gasteiger partial charge on any atom is 0.160 e. The van der Waals surface area contributed by atoms with Gasteiger partial charge < -0.3 is 9.73 Å². The largest absolute Gasteiger partial charge is 0.464 e. The fourth-order valence-electron chi connectivity index (χ4n) is 1.54. The van der Waals surface area contributed by atoms with Crippen LogP contribution in [0.2, 0.25) is 0 Å². The molecule has 1 aromatic rings. The van der Waals surface area contributed by atoms with Gasteiger partial charge in [0.1, 0.15) is 17.3 Å². The van der Waals surface area contributed by atoms with Gasteiger partial charge in [0.05, 0.1) is 11.8 Å². The molecule has 110 valence electrons. The normalized spacial score (nSPS) is 14.6. The molecule has 1 rings (SSSR count). The highest BCUT2D eigenvalue weighted by atomic mass is 32.2. The van der Waals surface area contributed by atoms with Crippen LogP contribution >= 0.6 is 0 Å². The third kappa shape index (κ3) is 5.37. The maximum absolute atomic E-state index is 12.0. The lowest BCUT2D eigenvalue weighted by atomic mass is 10.1. The summed E-state index contributed by atoms with van der Waals surface area (Å²) in [4.78, 5) is 0. The standard InChI is InChI=1S/C14H25NO3S/c1-6-11(2)19(16,17)10-13-8-7-12(18-13)9-15-14(3,4)5/h7-8,11,15H,6,9-10H2,1-5H3.